The van der Waals surface area contributed by atoms with Crippen LogP contribution in [-0.2, 0) is 4.79 Å². The van der Waals surface area contributed by atoms with Crippen molar-refractivity contribution < 1.29 is 9.90 Å². The van der Waals surface area contributed by atoms with Gasteiger partial charge in [-0.2, -0.15) is 0 Å². The molecule has 0 aliphatic heterocycles. The average molecular weight is 236 g/mol. The highest BCUT2D eigenvalue weighted by atomic mass is 16.3. The molecule has 0 saturated carbocycles. The Kier molecular flexibility index (Phi) is 4.12. The third-order valence-corrected chi connectivity index (χ3v) is 2.79. The van der Waals surface area contributed by atoms with Crippen molar-refractivity contribution in [3.05, 3.63) is 22.8 Å². The molecule has 0 fully saturated rings. The third-order valence-electron chi connectivity index (χ3n) is 2.79. The minimum absolute atomic E-state index is 0.0532. The van der Waals surface area contributed by atoms with Gasteiger partial charge < -0.3 is 15.3 Å². The quantitative estimate of drug-likeness (QED) is 0.787. The molecule has 0 aromatic heterocycles. The van der Waals surface area contributed by atoms with Crippen molar-refractivity contribution >= 4 is 11.6 Å². The highest BCUT2D eigenvalue weighted by Crippen LogP contribution is 2.30. The molecule has 0 aliphatic carbocycles. The number of rotatable bonds is 3. The molecule has 0 atom stereocenters. The lowest BCUT2D eigenvalue weighted by Gasteiger charge is -2.15. The summed E-state index contributed by atoms with van der Waals surface area (Å²) in [6.45, 7) is 5.90. The molecule has 1 amide bonds. The Balaban J connectivity index is 2.96. The van der Waals surface area contributed by atoms with Gasteiger partial charge in [0.15, 0.2) is 0 Å². The van der Waals surface area contributed by atoms with Gasteiger partial charge in [0, 0.05) is 5.69 Å². The van der Waals surface area contributed by atoms with Crippen molar-refractivity contribution in [1.82, 2.24) is 4.90 Å². The zero-order valence-corrected chi connectivity index (χ0v) is 11.1. The largest absolute Gasteiger partial charge is 0.507 e. The van der Waals surface area contributed by atoms with E-state index in [1.165, 1.54) is 0 Å². The number of nitrogens with one attached hydrogen (secondary N) is 1. The van der Waals surface area contributed by atoms with Gasteiger partial charge in [0.1, 0.15) is 5.75 Å². The molecule has 1 rings (SSSR count). The van der Waals surface area contributed by atoms with Crippen LogP contribution in [0.3, 0.4) is 0 Å². The van der Waals surface area contributed by atoms with E-state index < -0.39 is 0 Å². The topological polar surface area (TPSA) is 52.6 Å². The molecule has 4 nitrogen and oxygen atoms in total. The minimum atomic E-state index is -0.0532. The zero-order valence-electron chi connectivity index (χ0n) is 11.1. The smallest absolute Gasteiger partial charge is 0.238 e. The van der Waals surface area contributed by atoms with Crippen molar-refractivity contribution in [2.45, 2.75) is 20.8 Å². The fraction of sp³-hybridized carbons (Fsp3) is 0.462. The number of carbonyl (C=O) groups is 1. The summed E-state index contributed by atoms with van der Waals surface area (Å²) in [7, 11) is 3.69. The van der Waals surface area contributed by atoms with Gasteiger partial charge in [0.25, 0.3) is 0 Å². The number of nitrogens with zero attached hydrogens (tertiary/aromatic N) is 1. The highest BCUT2D eigenvalue weighted by Gasteiger charge is 2.11. The number of hydrogen-bond acceptors (Lipinski definition) is 3. The number of hydrogen-bond donors (Lipinski definition) is 2. The van der Waals surface area contributed by atoms with Gasteiger partial charge in [-0.25, -0.2) is 0 Å². The van der Waals surface area contributed by atoms with Crippen LogP contribution in [-0.4, -0.2) is 36.6 Å². The predicted molar refractivity (Wildman–Crippen MR) is 69.5 cm³/mol. The number of aromatic hydroxyl groups is 1. The van der Waals surface area contributed by atoms with E-state index in [9.17, 15) is 9.90 Å². The van der Waals surface area contributed by atoms with Crippen LogP contribution in [0.25, 0.3) is 0 Å². The van der Waals surface area contributed by atoms with Gasteiger partial charge in [-0.15, -0.1) is 0 Å². The molecule has 0 aliphatic rings. The van der Waals surface area contributed by atoms with E-state index in [1.807, 2.05) is 39.8 Å². The van der Waals surface area contributed by atoms with Crippen LogP contribution in [0.2, 0.25) is 0 Å². The number of phenols is 1. The number of amides is 1. The molecule has 94 valence electrons. The van der Waals surface area contributed by atoms with Crippen molar-refractivity contribution in [2.75, 3.05) is 26.0 Å². The first-order chi connectivity index (χ1) is 7.82. The number of carbonyl (C=O) groups excluding carboxylic acids is 1. The van der Waals surface area contributed by atoms with Crippen LogP contribution in [0, 0.1) is 20.8 Å². The van der Waals surface area contributed by atoms with Crippen LogP contribution in [0.5, 0.6) is 5.75 Å². The SMILES string of the molecule is Cc1cc(NC(=O)CN(C)C)c(C)c(C)c1O. The van der Waals surface area contributed by atoms with E-state index in [-0.39, 0.29) is 5.91 Å². The maximum absolute atomic E-state index is 11.7. The second kappa shape index (κ2) is 5.19. The van der Waals surface area contributed by atoms with Crippen LogP contribution < -0.4 is 5.32 Å². The van der Waals surface area contributed by atoms with Gasteiger partial charge in [-0.05, 0) is 57.6 Å². The molecule has 0 saturated heterocycles. The van der Waals surface area contributed by atoms with Gasteiger partial charge >= 0.3 is 0 Å². The van der Waals surface area contributed by atoms with Crippen LogP contribution in [0.4, 0.5) is 5.69 Å². The summed E-state index contributed by atoms with van der Waals surface area (Å²) in [4.78, 5) is 13.5. The molecule has 0 spiro atoms. The van der Waals surface area contributed by atoms with Crippen molar-refractivity contribution in [3.8, 4) is 5.75 Å². The summed E-state index contributed by atoms with van der Waals surface area (Å²) in [5, 5.41) is 12.6. The van der Waals surface area contributed by atoms with Crippen LogP contribution in [0.1, 0.15) is 16.7 Å². The number of aryl methyl sites for hydroxylation is 1. The summed E-state index contributed by atoms with van der Waals surface area (Å²) in [6.07, 6.45) is 0. The fourth-order valence-corrected chi connectivity index (χ4v) is 1.68. The Bertz CT molecular complexity index is 440. The molecule has 17 heavy (non-hydrogen) atoms. The fourth-order valence-electron chi connectivity index (χ4n) is 1.68. The molecular weight excluding hydrogens is 216 g/mol. The van der Waals surface area contributed by atoms with Gasteiger partial charge in [-0.3, -0.25) is 4.79 Å². The Morgan fingerprint density at radius 1 is 1.29 bits per heavy atom. The van der Waals surface area contributed by atoms with Gasteiger partial charge in [-0.1, -0.05) is 0 Å². The molecule has 0 unspecified atom stereocenters. The van der Waals surface area contributed by atoms with Crippen molar-refractivity contribution in [1.29, 1.82) is 0 Å². The Hall–Kier alpha value is -1.55. The van der Waals surface area contributed by atoms with E-state index in [0.29, 0.717) is 12.3 Å². The van der Waals surface area contributed by atoms with E-state index >= 15 is 0 Å². The summed E-state index contributed by atoms with van der Waals surface area (Å²) in [6, 6.07) is 1.80. The van der Waals surface area contributed by atoms with Gasteiger partial charge in [0.05, 0.1) is 6.54 Å². The summed E-state index contributed by atoms with van der Waals surface area (Å²) >= 11 is 0. The number of phenolic OH excluding ortho intramolecular Hbond substituents is 1. The normalized spacial score (nSPS) is 10.7. The summed E-state index contributed by atoms with van der Waals surface area (Å²) in [5.74, 6) is 0.246. The highest BCUT2D eigenvalue weighted by molar-refractivity contribution is 5.93. The summed E-state index contributed by atoms with van der Waals surface area (Å²) < 4.78 is 0. The lowest BCUT2D eigenvalue weighted by molar-refractivity contribution is -0.116. The lowest BCUT2D eigenvalue weighted by atomic mass is 10.0. The average Bonchev–Trinajstić information content (AvgIpc) is 2.21. The first-order valence-corrected chi connectivity index (χ1v) is 5.57. The lowest BCUT2D eigenvalue weighted by Crippen LogP contribution is -2.27. The molecule has 1 aromatic rings. The minimum Gasteiger partial charge on any atom is -0.507 e. The zero-order chi connectivity index (χ0) is 13.2. The van der Waals surface area contributed by atoms with Crippen LogP contribution in [0.15, 0.2) is 6.07 Å². The number of likely N-dealkylation sites (N-methyl/N-ethyl adjacent to an activating group) is 1. The van der Waals surface area contributed by atoms with Crippen LogP contribution >= 0.6 is 0 Å². The Labute approximate surface area is 102 Å². The Morgan fingerprint density at radius 3 is 2.41 bits per heavy atom. The Morgan fingerprint density at radius 2 is 1.88 bits per heavy atom. The molecule has 4 heteroatoms. The molecular formula is C13H20N2O2. The molecule has 0 heterocycles. The molecule has 2 N–H and O–H groups in total. The first-order valence-electron chi connectivity index (χ1n) is 5.57. The number of anilines is 1. The predicted octanol–water partition coefficient (Wildman–Crippen LogP) is 1.82. The van der Waals surface area contributed by atoms with E-state index in [1.54, 1.807) is 6.07 Å². The van der Waals surface area contributed by atoms with Gasteiger partial charge in [0.2, 0.25) is 5.91 Å². The van der Waals surface area contributed by atoms with Crippen molar-refractivity contribution in [3.63, 3.8) is 0 Å². The monoisotopic (exact) mass is 236 g/mol. The third kappa shape index (κ3) is 3.20. The van der Waals surface area contributed by atoms with E-state index in [0.717, 1.165) is 22.4 Å². The second-order valence-electron chi connectivity index (χ2n) is 4.63. The maximum Gasteiger partial charge on any atom is 0.238 e. The molecule has 1 aromatic carbocycles. The van der Waals surface area contributed by atoms with Crippen molar-refractivity contribution in [2.24, 2.45) is 0 Å². The standard InChI is InChI=1S/C13H20N2O2/c1-8-6-11(9(2)10(3)13(8)17)14-12(16)7-15(4)5/h6,17H,7H2,1-5H3,(H,14,16). The van der Waals surface area contributed by atoms with E-state index in [4.69, 9.17) is 0 Å². The molecule has 0 radical (unpaired) electrons. The number of benzene rings is 1. The second-order valence-corrected chi connectivity index (χ2v) is 4.63. The first kappa shape index (κ1) is 13.5. The van der Waals surface area contributed by atoms with E-state index in [2.05, 4.69) is 5.32 Å². The summed E-state index contributed by atoms with van der Waals surface area (Å²) in [5.41, 5.74) is 3.25. The maximum atomic E-state index is 11.7. The molecule has 0 bridgehead atoms.